The molecule has 0 saturated carbocycles. The first-order valence-corrected chi connectivity index (χ1v) is 7.91. The van der Waals surface area contributed by atoms with Gasteiger partial charge in [-0.2, -0.15) is 5.26 Å². The number of hydrogen-bond acceptors (Lipinski definition) is 8. The molecule has 128 valence electrons. The zero-order chi connectivity index (χ0) is 17.6. The zero-order valence-electron chi connectivity index (χ0n) is 13.8. The van der Waals surface area contributed by atoms with Crippen molar-refractivity contribution in [2.75, 3.05) is 36.1 Å². The summed E-state index contributed by atoms with van der Waals surface area (Å²) in [4.78, 5) is 24.2. The van der Waals surface area contributed by atoms with Crippen LogP contribution in [0.25, 0.3) is 0 Å². The molecular formula is C16H18N8O. The van der Waals surface area contributed by atoms with Crippen molar-refractivity contribution >= 4 is 28.9 Å². The SMILES string of the molecule is CNCCNc1cc(Nc2ncc3c(n2)CCC(=O)N3)cnc1C#N. The van der Waals surface area contributed by atoms with Gasteiger partial charge in [0.05, 0.1) is 35.1 Å². The highest BCUT2D eigenvalue weighted by Crippen LogP contribution is 2.23. The molecule has 1 aliphatic heterocycles. The second-order valence-corrected chi connectivity index (χ2v) is 5.49. The Morgan fingerprint density at radius 3 is 2.96 bits per heavy atom. The van der Waals surface area contributed by atoms with Crippen LogP contribution in [0.15, 0.2) is 18.5 Å². The summed E-state index contributed by atoms with van der Waals surface area (Å²) >= 11 is 0. The van der Waals surface area contributed by atoms with Crippen LogP contribution in [0, 0.1) is 11.3 Å². The van der Waals surface area contributed by atoms with Crippen LogP contribution in [-0.2, 0) is 11.2 Å². The monoisotopic (exact) mass is 338 g/mol. The first kappa shape index (κ1) is 16.6. The lowest BCUT2D eigenvalue weighted by Crippen LogP contribution is -2.20. The largest absolute Gasteiger partial charge is 0.381 e. The van der Waals surface area contributed by atoms with Gasteiger partial charge in [0.1, 0.15) is 6.07 Å². The first-order chi connectivity index (χ1) is 12.2. The van der Waals surface area contributed by atoms with Crippen molar-refractivity contribution in [3.63, 3.8) is 0 Å². The van der Waals surface area contributed by atoms with Gasteiger partial charge in [-0.1, -0.05) is 0 Å². The van der Waals surface area contributed by atoms with Crippen molar-refractivity contribution in [1.29, 1.82) is 5.26 Å². The lowest BCUT2D eigenvalue weighted by Gasteiger charge is -2.16. The lowest BCUT2D eigenvalue weighted by molar-refractivity contribution is -0.116. The minimum Gasteiger partial charge on any atom is -0.381 e. The Hall–Kier alpha value is -3.25. The van der Waals surface area contributed by atoms with Gasteiger partial charge in [-0.05, 0) is 13.1 Å². The average molecular weight is 338 g/mol. The van der Waals surface area contributed by atoms with Gasteiger partial charge >= 0.3 is 0 Å². The summed E-state index contributed by atoms with van der Waals surface area (Å²) < 4.78 is 0. The fourth-order valence-electron chi connectivity index (χ4n) is 2.43. The minimum atomic E-state index is -0.0228. The van der Waals surface area contributed by atoms with E-state index in [4.69, 9.17) is 5.26 Å². The van der Waals surface area contributed by atoms with Gasteiger partial charge in [0.2, 0.25) is 11.9 Å². The first-order valence-electron chi connectivity index (χ1n) is 7.91. The Kier molecular flexibility index (Phi) is 5.01. The number of carbonyl (C=O) groups excluding carboxylic acids is 1. The molecule has 0 aromatic carbocycles. The summed E-state index contributed by atoms with van der Waals surface area (Å²) in [5.41, 5.74) is 3.09. The molecule has 25 heavy (non-hydrogen) atoms. The number of fused-ring (bicyclic) bond motifs is 1. The van der Waals surface area contributed by atoms with Crippen LogP contribution in [0.2, 0.25) is 0 Å². The summed E-state index contributed by atoms with van der Waals surface area (Å²) in [6.07, 6.45) is 4.15. The third kappa shape index (κ3) is 3.99. The van der Waals surface area contributed by atoms with Crippen LogP contribution in [0.4, 0.5) is 23.0 Å². The molecule has 0 unspecified atom stereocenters. The quantitative estimate of drug-likeness (QED) is 0.574. The van der Waals surface area contributed by atoms with Gasteiger partial charge in [-0.15, -0.1) is 0 Å². The number of aryl methyl sites for hydroxylation is 1. The summed E-state index contributed by atoms with van der Waals surface area (Å²) in [6, 6.07) is 3.86. The molecule has 0 saturated heterocycles. The predicted molar refractivity (Wildman–Crippen MR) is 93.6 cm³/mol. The van der Waals surface area contributed by atoms with E-state index in [0.717, 1.165) is 12.2 Å². The van der Waals surface area contributed by atoms with E-state index in [-0.39, 0.29) is 5.91 Å². The number of likely N-dealkylation sites (N-methyl/N-ethyl adjacent to an activating group) is 1. The van der Waals surface area contributed by atoms with Gasteiger partial charge in [-0.25, -0.2) is 15.0 Å². The number of anilines is 4. The number of nitrogens with zero attached hydrogens (tertiary/aromatic N) is 4. The maximum absolute atomic E-state index is 11.4. The number of nitrogens with one attached hydrogen (secondary N) is 4. The predicted octanol–water partition coefficient (Wildman–Crippen LogP) is 1.00. The Bertz CT molecular complexity index is 829. The van der Waals surface area contributed by atoms with Crippen molar-refractivity contribution in [3.05, 3.63) is 29.8 Å². The van der Waals surface area contributed by atoms with Gasteiger partial charge in [0.25, 0.3) is 0 Å². The molecule has 1 aliphatic rings. The Labute approximate surface area is 144 Å². The van der Waals surface area contributed by atoms with E-state index in [2.05, 4.69) is 42.3 Å². The number of carbonyl (C=O) groups is 1. The lowest BCUT2D eigenvalue weighted by atomic mass is 10.1. The van der Waals surface area contributed by atoms with E-state index in [1.54, 1.807) is 18.5 Å². The molecule has 3 rings (SSSR count). The molecular weight excluding hydrogens is 320 g/mol. The van der Waals surface area contributed by atoms with Gasteiger partial charge in [0, 0.05) is 25.9 Å². The van der Waals surface area contributed by atoms with Crippen molar-refractivity contribution in [2.45, 2.75) is 12.8 Å². The van der Waals surface area contributed by atoms with E-state index in [1.165, 1.54) is 0 Å². The van der Waals surface area contributed by atoms with E-state index in [9.17, 15) is 4.79 Å². The van der Waals surface area contributed by atoms with Crippen molar-refractivity contribution in [2.24, 2.45) is 0 Å². The Balaban J connectivity index is 1.77. The van der Waals surface area contributed by atoms with Crippen LogP contribution >= 0.6 is 0 Å². The number of aromatic nitrogens is 3. The highest BCUT2D eigenvalue weighted by molar-refractivity contribution is 5.93. The summed E-state index contributed by atoms with van der Waals surface area (Å²) in [7, 11) is 1.86. The highest BCUT2D eigenvalue weighted by Gasteiger charge is 2.17. The summed E-state index contributed by atoms with van der Waals surface area (Å²) in [5.74, 6) is 0.396. The van der Waals surface area contributed by atoms with E-state index < -0.39 is 0 Å². The van der Waals surface area contributed by atoms with E-state index in [0.29, 0.717) is 48.1 Å². The Morgan fingerprint density at radius 1 is 1.28 bits per heavy atom. The summed E-state index contributed by atoms with van der Waals surface area (Å²) in [5, 5.41) is 21.2. The molecule has 1 amide bonds. The second kappa shape index (κ2) is 7.55. The molecule has 0 radical (unpaired) electrons. The molecule has 4 N–H and O–H groups in total. The van der Waals surface area contributed by atoms with E-state index in [1.807, 2.05) is 7.05 Å². The fraction of sp³-hybridized carbons (Fsp3) is 0.312. The van der Waals surface area contributed by atoms with Crippen molar-refractivity contribution in [3.8, 4) is 6.07 Å². The molecule has 2 aromatic heterocycles. The van der Waals surface area contributed by atoms with Crippen LogP contribution in [0.3, 0.4) is 0 Å². The standard InChI is InChI=1S/C16H18N8O/c1-18-4-5-19-12-6-10(8-20-13(12)7-17)22-16-21-9-14-11(24-16)2-3-15(25)23-14/h6,8-9,18-19H,2-5H2,1H3,(H,23,25)(H,21,22,24). The number of rotatable bonds is 6. The number of pyridine rings is 1. The van der Waals surface area contributed by atoms with Crippen LogP contribution in [0.5, 0.6) is 0 Å². The van der Waals surface area contributed by atoms with Gasteiger partial charge in [0.15, 0.2) is 5.69 Å². The number of hydrogen-bond donors (Lipinski definition) is 4. The molecule has 0 fully saturated rings. The normalized spacial score (nSPS) is 12.7. The summed E-state index contributed by atoms with van der Waals surface area (Å²) in [6.45, 7) is 1.44. The van der Waals surface area contributed by atoms with E-state index >= 15 is 0 Å². The smallest absolute Gasteiger partial charge is 0.227 e. The van der Waals surface area contributed by atoms with Crippen molar-refractivity contribution in [1.82, 2.24) is 20.3 Å². The second-order valence-electron chi connectivity index (χ2n) is 5.49. The third-order valence-corrected chi connectivity index (χ3v) is 3.67. The topological polar surface area (TPSA) is 128 Å². The fourth-order valence-corrected chi connectivity index (χ4v) is 2.43. The van der Waals surface area contributed by atoms with Gasteiger partial charge in [-0.3, -0.25) is 4.79 Å². The van der Waals surface area contributed by atoms with Gasteiger partial charge < -0.3 is 21.3 Å². The maximum atomic E-state index is 11.4. The van der Waals surface area contributed by atoms with Crippen LogP contribution in [0.1, 0.15) is 17.8 Å². The molecule has 0 aliphatic carbocycles. The van der Waals surface area contributed by atoms with Crippen LogP contribution < -0.4 is 21.3 Å². The number of nitriles is 1. The molecule has 9 heteroatoms. The molecule has 0 spiro atoms. The average Bonchev–Trinajstić information content (AvgIpc) is 2.62. The molecule has 9 nitrogen and oxygen atoms in total. The zero-order valence-corrected chi connectivity index (χ0v) is 13.8. The number of amides is 1. The van der Waals surface area contributed by atoms with Crippen molar-refractivity contribution < 1.29 is 4.79 Å². The molecule has 0 bridgehead atoms. The molecule has 2 aromatic rings. The molecule has 3 heterocycles. The highest BCUT2D eigenvalue weighted by atomic mass is 16.1. The Morgan fingerprint density at radius 2 is 2.16 bits per heavy atom. The molecule has 0 atom stereocenters. The maximum Gasteiger partial charge on any atom is 0.227 e. The van der Waals surface area contributed by atoms with Crippen LogP contribution in [-0.4, -0.2) is 41.0 Å². The minimum absolute atomic E-state index is 0.0228. The third-order valence-electron chi connectivity index (χ3n) is 3.67.